The number of nitrogens with zero attached hydrogens (tertiary/aromatic N) is 1. The van der Waals surface area contributed by atoms with Crippen LogP contribution in [0.4, 0.5) is 0 Å². The fourth-order valence-corrected chi connectivity index (χ4v) is 1.82. The number of aliphatic hydroxyl groups is 1. The maximum absolute atomic E-state index is 9.20. The molecule has 90 valence electrons. The van der Waals surface area contributed by atoms with Crippen LogP contribution in [0.15, 0.2) is 30.3 Å². The van der Waals surface area contributed by atoms with Crippen molar-refractivity contribution in [3.8, 4) is 0 Å². The molecule has 0 fully saturated rings. The van der Waals surface area contributed by atoms with Crippen LogP contribution in [0.3, 0.4) is 0 Å². The maximum Gasteiger partial charge on any atom is 0.0494 e. The van der Waals surface area contributed by atoms with Gasteiger partial charge in [0.1, 0.15) is 0 Å². The van der Waals surface area contributed by atoms with Gasteiger partial charge in [0, 0.05) is 25.1 Å². The number of aliphatic hydroxyl groups excluding tert-OH is 1. The summed E-state index contributed by atoms with van der Waals surface area (Å²) < 4.78 is 0. The normalized spacial score (nSPS) is 12.1. The van der Waals surface area contributed by atoms with Gasteiger partial charge in [0.05, 0.1) is 0 Å². The van der Waals surface area contributed by atoms with E-state index < -0.39 is 0 Å². The molecule has 0 aliphatic rings. The van der Waals surface area contributed by atoms with Gasteiger partial charge in [-0.25, -0.2) is 0 Å². The van der Waals surface area contributed by atoms with E-state index in [1.165, 1.54) is 5.56 Å². The summed E-state index contributed by atoms with van der Waals surface area (Å²) >= 11 is 0. The average Bonchev–Trinajstić information content (AvgIpc) is 2.27. The van der Waals surface area contributed by atoms with Gasteiger partial charge in [0.15, 0.2) is 0 Å². The fourth-order valence-electron chi connectivity index (χ4n) is 1.82. The second-order valence-electron chi connectivity index (χ2n) is 5.30. The minimum absolute atomic E-state index is 0.00849. The van der Waals surface area contributed by atoms with Crippen LogP contribution >= 0.6 is 0 Å². The van der Waals surface area contributed by atoms with Gasteiger partial charge in [-0.3, -0.25) is 0 Å². The molecule has 1 N–H and O–H groups in total. The molecule has 0 saturated heterocycles. The Labute approximate surface area is 98.9 Å². The van der Waals surface area contributed by atoms with Gasteiger partial charge >= 0.3 is 0 Å². The second kappa shape index (κ2) is 6.02. The molecule has 0 saturated carbocycles. The van der Waals surface area contributed by atoms with Crippen molar-refractivity contribution in [2.75, 3.05) is 26.7 Å². The molecule has 0 aromatic heterocycles. The van der Waals surface area contributed by atoms with Crippen molar-refractivity contribution >= 4 is 0 Å². The van der Waals surface area contributed by atoms with E-state index in [9.17, 15) is 5.11 Å². The van der Waals surface area contributed by atoms with E-state index in [1.807, 2.05) is 6.07 Å². The van der Waals surface area contributed by atoms with Gasteiger partial charge in [0.2, 0.25) is 0 Å². The zero-order chi connectivity index (χ0) is 12.0. The molecule has 1 rings (SSSR count). The van der Waals surface area contributed by atoms with E-state index in [0.717, 1.165) is 19.5 Å². The van der Waals surface area contributed by atoms with Crippen molar-refractivity contribution < 1.29 is 5.11 Å². The molecule has 0 spiro atoms. The molecule has 0 atom stereocenters. The number of likely N-dealkylation sites (N-methyl/N-ethyl adjacent to an activating group) is 1. The van der Waals surface area contributed by atoms with Gasteiger partial charge in [-0.1, -0.05) is 44.2 Å². The highest BCUT2D eigenvalue weighted by Gasteiger charge is 2.18. The van der Waals surface area contributed by atoms with Gasteiger partial charge in [-0.15, -0.1) is 0 Å². The number of rotatable bonds is 6. The third kappa shape index (κ3) is 4.77. The summed E-state index contributed by atoms with van der Waals surface area (Å²) in [5.74, 6) is 0. The van der Waals surface area contributed by atoms with Crippen LogP contribution in [0.5, 0.6) is 0 Å². The standard InChI is InChI=1S/C14H23NO/c1-14(2,12-16)11-15(3)10-9-13-7-5-4-6-8-13/h4-8,16H,9-12H2,1-3H3. The Hall–Kier alpha value is -0.860. The summed E-state index contributed by atoms with van der Waals surface area (Å²) in [5.41, 5.74) is 1.36. The van der Waals surface area contributed by atoms with E-state index in [4.69, 9.17) is 0 Å². The maximum atomic E-state index is 9.20. The minimum Gasteiger partial charge on any atom is -0.396 e. The second-order valence-corrected chi connectivity index (χ2v) is 5.30. The van der Waals surface area contributed by atoms with Crippen LogP contribution in [0.1, 0.15) is 19.4 Å². The third-order valence-corrected chi connectivity index (χ3v) is 2.75. The Morgan fingerprint density at radius 2 is 1.81 bits per heavy atom. The first-order chi connectivity index (χ1) is 7.53. The van der Waals surface area contributed by atoms with Gasteiger partial charge in [0.25, 0.3) is 0 Å². The highest BCUT2D eigenvalue weighted by Crippen LogP contribution is 2.15. The van der Waals surface area contributed by atoms with E-state index in [0.29, 0.717) is 0 Å². The average molecular weight is 221 g/mol. The molecule has 1 aromatic rings. The lowest BCUT2D eigenvalue weighted by Crippen LogP contribution is -2.35. The van der Waals surface area contributed by atoms with Crippen LogP contribution < -0.4 is 0 Å². The predicted molar refractivity (Wildman–Crippen MR) is 68.5 cm³/mol. The van der Waals surface area contributed by atoms with Crippen LogP contribution in [0, 0.1) is 5.41 Å². The summed E-state index contributed by atoms with van der Waals surface area (Å²) in [6.45, 7) is 6.38. The molecule has 1 aromatic carbocycles. The van der Waals surface area contributed by atoms with Gasteiger partial charge in [-0.05, 0) is 19.0 Å². The molecule has 0 bridgehead atoms. The molecule has 0 unspecified atom stereocenters. The number of hydrogen-bond donors (Lipinski definition) is 1. The fraction of sp³-hybridized carbons (Fsp3) is 0.571. The van der Waals surface area contributed by atoms with Crippen LogP contribution in [-0.4, -0.2) is 36.8 Å². The minimum atomic E-state index is -0.00849. The van der Waals surface area contributed by atoms with Crippen LogP contribution in [-0.2, 0) is 6.42 Å². The molecular weight excluding hydrogens is 198 g/mol. The van der Waals surface area contributed by atoms with Crippen molar-refractivity contribution in [1.82, 2.24) is 4.90 Å². The summed E-state index contributed by atoms with van der Waals surface area (Å²) in [4.78, 5) is 2.28. The van der Waals surface area contributed by atoms with Crippen molar-refractivity contribution in [2.45, 2.75) is 20.3 Å². The predicted octanol–water partition coefficient (Wildman–Crippen LogP) is 2.18. The highest BCUT2D eigenvalue weighted by atomic mass is 16.3. The lowest BCUT2D eigenvalue weighted by Gasteiger charge is -2.28. The lowest BCUT2D eigenvalue weighted by molar-refractivity contribution is 0.116. The van der Waals surface area contributed by atoms with Crippen molar-refractivity contribution in [1.29, 1.82) is 0 Å². The first-order valence-electron chi connectivity index (χ1n) is 5.87. The summed E-state index contributed by atoms with van der Waals surface area (Å²) in [5, 5.41) is 9.20. The van der Waals surface area contributed by atoms with E-state index in [1.54, 1.807) is 0 Å². The topological polar surface area (TPSA) is 23.5 Å². The number of hydrogen-bond acceptors (Lipinski definition) is 2. The Kier molecular flexibility index (Phi) is 4.97. The molecule has 16 heavy (non-hydrogen) atoms. The zero-order valence-corrected chi connectivity index (χ0v) is 10.6. The van der Waals surface area contributed by atoms with Crippen LogP contribution in [0.2, 0.25) is 0 Å². The Morgan fingerprint density at radius 3 is 2.38 bits per heavy atom. The van der Waals surface area contributed by atoms with E-state index in [-0.39, 0.29) is 12.0 Å². The van der Waals surface area contributed by atoms with Crippen LogP contribution in [0.25, 0.3) is 0 Å². The Morgan fingerprint density at radius 1 is 1.19 bits per heavy atom. The van der Waals surface area contributed by atoms with Crippen molar-refractivity contribution in [2.24, 2.45) is 5.41 Å². The summed E-state index contributed by atoms with van der Waals surface area (Å²) in [6, 6.07) is 10.5. The largest absolute Gasteiger partial charge is 0.396 e. The third-order valence-electron chi connectivity index (χ3n) is 2.75. The Bertz CT molecular complexity index is 295. The molecule has 2 heteroatoms. The zero-order valence-electron chi connectivity index (χ0n) is 10.6. The quantitative estimate of drug-likeness (QED) is 0.796. The van der Waals surface area contributed by atoms with Crippen molar-refractivity contribution in [3.63, 3.8) is 0 Å². The molecule has 0 heterocycles. The molecule has 2 nitrogen and oxygen atoms in total. The summed E-state index contributed by atoms with van der Waals surface area (Å²) in [7, 11) is 2.11. The molecule has 0 aliphatic carbocycles. The van der Waals surface area contributed by atoms with Crippen molar-refractivity contribution in [3.05, 3.63) is 35.9 Å². The lowest BCUT2D eigenvalue weighted by atomic mass is 9.94. The molecule has 0 radical (unpaired) electrons. The Balaban J connectivity index is 2.33. The monoisotopic (exact) mass is 221 g/mol. The molecule has 0 aliphatic heterocycles. The van der Waals surface area contributed by atoms with Gasteiger partial charge < -0.3 is 10.0 Å². The molecule has 0 amide bonds. The van der Waals surface area contributed by atoms with E-state index in [2.05, 4.69) is 50.1 Å². The highest BCUT2D eigenvalue weighted by molar-refractivity contribution is 5.14. The first kappa shape index (κ1) is 13.2. The summed E-state index contributed by atoms with van der Waals surface area (Å²) in [6.07, 6.45) is 1.07. The van der Waals surface area contributed by atoms with E-state index >= 15 is 0 Å². The molecular formula is C14H23NO. The first-order valence-corrected chi connectivity index (χ1v) is 5.87. The number of benzene rings is 1. The van der Waals surface area contributed by atoms with Gasteiger partial charge in [-0.2, -0.15) is 0 Å². The SMILES string of the molecule is CN(CCc1ccccc1)CC(C)(C)CO. The smallest absolute Gasteiger partial charge is 0.0494 e.